The van der Waals surface area contributed by atoms with Gasteiger partial charge in [-0.2, -0.15) is 0 Å². The van der Waals surface area contributed by atoms with Crippen molar-refractivity contribution in [3.63, 3.8) is 0 Å². The molecule has 100 valence electrons. The molecule has 3 heteroatoms. The molecule has 1 N–H and O–H groups in total. The predicted molar refractivity (Wildman–Crippen MR) is 82.6 cm³/mol. The second-order valence-electron chi connectivity index (χ2n) is 5.99. The van der Waals surface area contributed by atoms with Gasteiger partial charge in [0.2, 0.25) is 0 Å². The predicted octanol–water partition coefficient (Wildman–Crippen LogP) is 4.80. The number of thiazole rings is 1. The van der Waals surface area contributed by atoms with Crippen LogP contribution in [0, 0.1) is 5.41 Å². The fourth-order valence-corrected chi connectivity index (χ4v) is 3.52. The molecule has 3 rings (SSSR count). The van der Waals surface area contributed by atoms with Gasteiger partial charge in [-0.05, 0) is 42.5 Å². The first kappa shape index (κ1) is 12.7. The highest BCUT2D eigenvalue weighted by Gasteiger charge is 2.34. The molecule has 0 aliphatic heterocycles. The minimum atomic E-state index is 0.411. The monoisotopic (exact) mass is 272 g/mol. The SMILES string of the molecule is CC1(C)CCCC1Nc1ccc(-c2nccs2)cc1. The summed E-state index contributed by atoms with van der Waals surface area (Å²) in [5, 5.41) is 6.79. The molecule has 1 aromatic carbocycles. The minimum absolute atomic E-state index is 0.411. The van der Waals surface area contributed by atoms with Gasteiger partial charge in [0.25, 0.3) is 0 Å². The minimum Gasteiger partial charge on any atom is -0.382 e. The lowest BCUT2D eigenvalue weighted by molar-refractivity contribution is 0.350. The lowest BCUT2D eigenvalue weighted by atomic mass is 9.87. The quantitative estimate of drug-likeness (QED) is 0.868. The number of rotatable bonds is 3. The van der Waals surface area contributed by atoms with Gasteiger partial charge in [-0.25, -0.2) is 4.98 Å². The van der Waals surface area contributed by atoms with E-state index in [9.17, 15) is 0 Å². The highest BCUT2D eigenvalue weighted by Crippen LogP contribution is 2.39. The number of nitrogens with one attached hydrogen (secondary N) is 1. The van der Waals surface area contributed by atoms with E-state index < -0.39 is 0 Å². The molecule has 0 bridgehead atoms. The molecule has 1 saturated carbocycles. The van der Waals surface area contributed by atoms with Crippen molar-refractivity contribution in [2.75, 3.05) is 5.32 Å². The summed E-state index contributed by atoms with van der Waals surface area (Å²) in [7, 11) is 0. The Morgan fingerprint density at radius 3 is 2.63 bits per heavy atom. The Morgan fingerprint density at radius 2 is 2.05 bits per heavy atom. The normalized spacial score (nSPS) is 21.5. The number of aromatic nitrogens is 1. The van der Waals surface area contributed by atoms with Crippen molar-refractivity contribution in [3.8, 4) is 10.6 Å². The maximum atomic E-state index is 4.34. The van der Waals surface area contributed by atoms with E-state index >= 15 is 0 Å². The van der Waals surface area contributed by atoms with Gasteiger partial charge >= 0.3 is 0 Å². The van der Waals surface area contributed by atoms with Crippen molar-refractivity contribution < 1.29 is 0 Å². The Balaban J connectivity index is 1.73. The van der Waals surface area contributed by atoms with E-state index in [0.717, 1.165) is 5.01 Å². The third-order valence-corrected chi connectivity index (χ3v) is 4.98. The van der Waals surface area contributed by atoms with Crippen LogP contribution in [0.4, 0.5) is 5.69 Å². The largest absolute Gasteiger partial charge is 0.382 e. The van der Waals surface area contributed by atoms with Crippen LogP contribution in [0.3, 0.4) is 0 Å². The Kier molecular flexibility index (Phi) is 3.31. The fraction of sp³-hybridized carbons (Fsp3) is 0.438. The summed E-state index contributed by atoms with van der Waals surface area (Å²) in [6, 6.07) is 9.25. The third kappa shape index (κ3) is 2.66. The second kappa shape index (κ2) is 4.97. The van der Waals surface area contributed by atoms with Gasteiger partial charge in [0.1, 0.15) is 5.01 Å². The van der Waals surface area contributed by atoms with Crippen molar-refractivity contribution >= 4 is 17.0 Å². The van der Waals surface area contributed by atoms with E-state index in [-0.39, 0.29) is 0 Å². The number of hydrogen-bond donors (Lipinski definition) is 1. The van der Waals surface area contributed by atoms with Crippen LogP contribution in [-0.4, -0.2) is 11.0 Å². The molecular weight excluding hydrogens is 252 g/mol. The zero-order chi connectivity index (χ0) is 13.3. The zero-order valence-electron chi connectivity index (χ0n) is 11.5. The smallest absolute Gasteiger partial charge is 0.123 e. The second-order valence-corrected chi connectivity index (χ2v) is 6.89. The van der Waals surface area contributed by atoms with Gasteiger partial charge in [-0.3, -0.25) is 0 Å². The van der Waals surface area contributed by atoms with Gasteiger partial charge < -0.3 is 5.32 Å². The van der Waals surface area contributed by atoms with Crippen LogP contribution in [0.15, 0.2) is 35.8 Å². The molecule has 1 aromatic heterocycles. The lowest BCUT2D eigenvalue weighted by Crippen LogP contribution is -2.30. The van der Waals surface area contributed by atoms with Crippen LogP contribution in [0.1, 0.15) is 33.1 Å². The average Bonchev–Trinajstić information content (AvgIpc) is 3.01. The Labute approximate surface area is 118 Å². The van der Waals surface area contributed by atoms with Crippen LogP contribution in [0.5, 0.6) is 0 Å². The molecule has 19 heavy (non-hydrogen) atoms. The molecule has 1 aliphatic rings. The molecule has 0 amide bonds. The summed E-state index contributed by atoms with van der Waals surface area (Å²) in [6.45, 7) is 4.73. The zero-order valence-corrected chi connectivity index (χ0v) is 12.3. The van der Waals surface area contributed by atoms with E-state index in [4.69, 9.17) is 0 Å². The molecule has 0 radical (unpaired) electrons. The summed E-state index contributed by atoms with van der Waals surface area (Å²) >= 11 is 1.68. The third-order valence-electron chi connectivity index (χ3n) is 4.16. The summed E-state index contributed by atoms with van der Waals surface area (Å²) < 4.78 is 0. The van der Waals surface area contributed by atoms with Crippen molar-refractivity contribution in [2.24, 2.45) is 5.41 Å². The molecule has 0 spiro atoms. The van der Waals surface area contributed by atoms with E-state index in [1.54, 1.807) is 11.3 Å². The molecule has 1 atom stereocenters. The number of hydrogen-bond acceptors (Lipinski definition) is 3. The number of nitrogens with zero attached hydrogens (tertiary/aromatic N) is 1. The van der Waals surface area contributed by atoms with Crippen LogP contribution >= 0.6 is 11.3 Å². The molecular formula is C16H20N2S. The Morgan fingerprint density at radius 1 is 1.26 bits per heavy atom. The van der Waals surface area contributed by atoms with Crippen molar-refractivity contribution in [3.05, 3.63) is 35.8 Å². The van der Waals surface area contributed by atoms with Crippen LogP contribution in [0.2, 0.25) is 0 Å². The van der Waals surface area contributed by atoms with Gasteiger partial charge in [-0.15, -0.1) is 11.3 Å². The first-order valence-corrected chi connectivity index (χ1v) is 7.80. The van der Waals surface area contributed by atoms with Crippen molar-refractivity contribution in [1.82, 2.24) is 4.98 Å². The van der Waals surface area contributed by atoms with Gasteiger partial charge in [0.15, 0.2) is 0 Å². The van der Waals surface area contributed by atoms with E-state index in [2.05, 4.69) is 48.4 Å². The fourth-order valence-electron chi connectivity index (χ4n) is 2.87. The Bertz CT molecular complexity index is 528. The summed E-state index contributed by atoms with van der Waals surface area (Å²) in [4.78, 5) is 4.34. The van der Waals surface area contributed by atoms with Gasteiger partial charge in [0.05, 0.1) is 0 Å². The number of benzene rings is 1. The standard InChI is InChI=1S/C16H20N2S/c1-16(2)9-3-4-14(16)18-13-7-5-12(6-8-13)15-17-10-11-19-15/h5-8,10-11,14,18H,3-4,9H2,1-2H3. The molecule has 0 saturated heterocycles. The average molecular weight is 272 g/mol. The summed E-state index contributed by atoms with van der Waals surface area (Å²) in [5.41, 5.74) is 2.83. The Hall–Kier alpha value is -1.35. The van der Waals surface area contributed by atoms with Crippen LogP contribution in [-0.2, 0) is 0 Å². The molecule has 2 aromatic rings. The highest BCUT2D eigenvalue weighted by molar-refractivity contribution is 7.13. The first-order chi connectivity index (χ1) is 9.15. The topological polar surface area (TPSA) is 24.9 Å². The summed E-state index contributed by atoms with van der Waals surface area (Å²) in [6.07, 6.45) is 5.79. The molecule has 1 aliphatic carbocycles. The molecule has 1 fully saturated rings. The van der Waals surface area contributed by atoms with Crippen molar-refractivity contribution in [2.45, 2.75) is 39.2 Å². The number of anilines is 1. The molecule has 2 nitrogen and oxygen atoms in total. The van der Waals surface area contributed by atoms with Crippen LogP contribution < -0.4 is 5.32 Å². The molecule has 1 heterocycles. The van der Waals surface area contributed by atoms with E-state index in [0.29, 0.717) is 11.5 Å². The van der Waals surface area contributed by atoms with E-state index in [1.165, 1.54) is 30.5 Å². The lowest BCUT2D eigenvalue weighted by Gasteiger charge is -2.28. The summed E-state index contributed by atoms with van der Waals surface area (Å²) in [5.74, 6) is 0. The van der Waals surface area contributed by atoms with Crippen LogP contribution in [0.25, 0.3) is 10.6 Å². The van der Waals surface area contributed by atoms with Gasteiger partial charge in [0, 0.05) is 28.9 Å². The highest BCUT2D eigenvalue weighted by atomic mass is 32.1. The first-order valence-electron chi connectivity index (χ1n) is 6.92. The maximum Gasteiger partial charge on any atom is 0.123 e. The van der Waals surface area contributed by atoms with Crippen molar-refractivity contribution in [1.29, 1.82) is 0 Å². The van der Waals surface area contributed by atoms with E-state index in [1.807, 2.05) is 11.6 Å². The molecule has 1 unspecified atom stereocenters. The van der Waals surface area contributed by atoms with Gasteiger partial charge in [-0.1, -0.05) is 20.3 Å². The maximum absolute atomic E-state index is 4.34.